The van der Waals surface area contributed by atoms with Crippen LogP contribution < -0.4 is 10.4 Å². The average Bonchev–Trinajstić information content (AvgIpc) is 2.99. The maximum atomic E-state index is 13.4. The predicted octanol–water partition coefficient (Wildman–Crippen LogP) is 8.27. The molecule has 1 N–H and O–H groups in total. The van der Waals surface area contributed by atoms with E-state index in [-0.39, 0.29) is 17.6 Å². The van der Waals surface area contributed by atoms with Crippen molar-refractivity contribution in [1.82, 2.24) is 0 Å². The number of carboxylic acids is 1. The van der Waals surface area contributed by atoms with Gasteiger partial charge in [-0.3, -0.25) is 9.36 Å². The van der Waals surface area contributed by atoms with E-state index >= 15 is 0 Å². The third-order valence-corrected chi connectivity index (χ3v) is 15.7. The largest absolute Gasteiger partial charge is 0.481 e. The van der Waals surface area contributed by atoms with Crippen LogP contribution in [0.15, 0.2) is 72.8 Å². The van der Waals surface area contributed by atoms with Gasteiger partial charge in [0.1, 0.15) is 0 Å². The van der Waals surface area contributed by atoms with Gasteiger partial charge in [0.05, 0.1) is 19.1 Å². The molecule has 5 nitrogen and oxygen atoms in total. The Balaban J connectivity index is 1.46. The highest BCUT2D eigenvalue weighted by Gasteiger charge is 2.51. The molecule has 3 aromatic rings. The topological polar surface area (TPSA) is 72.8 Å². The Morgan fingerprint density at radius 1 is 0.956 bits per heavy atom. The predicted molar refractivity (Wildman–Crippen MR) is 189 cm³/mol. The molecule has 1 aliphatic rings. The van der Waals surface area contributed by atoms with Crippen LogP contribution in [0.4, 0.5) is 0 Å². The van der Waals surface area contributed by atoms with Gasteiger partial charge in [-0.1, -0.05) is 131 Å². The number of aliphatic carboxylic acids is 1. The minimum absolute atomic E-state index is 0.0813. The molecule has 2 unspecified atom stereocenters. The SMILES string of the molecule is Cc1cc(C)c(CCCO[PH](=O)CC(CC(=O)O)O[Si](c2ccccc2)(c2ccccc2)C(C)(C)C)c(CC2CCCCC2)c1. The Morgan fingerprint density at radius 2 is 1.56 bits per heavy atom. The van der Waals surface area contributed by atoms with Crippen LogP contribution in [-0.2, 0) is 31.2 Å². The normalized spacial score (nSPS) is 15.9. The highest BCUT2D eigenvalue weighted by atomic mass is 31.1. The Kier molecular flexibility index (Phi) is 12.9. The summed E-state index contributed by atoms with van der Waals surface area (Å²) in [5.41, 5.74) is 5.52. The lowest BCUT2D eigenvalue weighted by Crippen LogP contribution is -2.68. The molecule has 45 heavy (non-hydrogen) atoms. The molecule has 0 radical (unpaired) electrons. The van der Waals surface area contributed by atoms with E-state index in [2.05, 4.69) is 71.0 Å². The van der Waals surface area contributed by atoms with Crippen LogP contribution in [-0.4, -0.2) is 38.3 Å². The molecule has 1 fully saturated rings. The van der Waals surface area contributed by atoms with E-state index in [1.807, 2.05) is 36.4 Å². The first-order valence-electron chi connectivity index (χ1n) is 16.7. The fourth-order valence-electron chi connectivity index (χ4n) is 7.30. The van der Waals surface area contributed by atoms with E-state index in [0.717, 1.165) is 35.6 Å². The minimum atomic E-state index is -3.01. The van der Waals surface area contributed by atoms with Gasteiger partial charge in [-0.05, 0) is 71.1 Å². The van der Waals surface area contributed by atoms with Crippen LogP contribution in [0.5, 0.6) is 0 Å². The first-order valence-corrected chi connectivity index (χ1v) is 20.2. The van der Waals surface area contributed by atoms with E-state index in [1.165, 1.54) is 54.4 Å². The lowest BCUT2D eigenvalue weighted by atomic mass is 9.82. The Hall–Kier alpha value is -2.50. The lowest BCUT2D eigenvalue weighted by Gasteiger charge is -2.45. The highest BCUT2D eigenvalue weighted by Crippen LogP contribution is 2.39. The lowest BCUT2D eigenvalue weighted by molar-refractivity contribution is -0.138. The third kappa shape index (κ3) is 9.51. The molecule has 0 aromatic heterocycles. The van der Waals surface area contributed by atoms with Gasteiger partial charge in [-0.15, -0.1) is 0 Å². The molecule has 0 bridgehead atoms. The van der Waals surface area contributed by atoms with Gasteiger partial charge in [0, 0.05) is 6.16 Å². The van der Waals surface area contributed by atoms with Gasteiger partial charge in [0.15, 0.2) is 8.03 Å². The Labute approximate surface area is 272 Å². The van der Waals surface area contributed by atoms with E-state index < -0.39 is 28.4 Å². The molecule has 0 spiro atoms. The van der Waals surface area contributed by atoms with Gasteiger partial charge in [-0.25, -0.2) is 0 Å². The molecule has 0 saturated heterocycles. The number of aryl methyl sites for hydroxylation is 2. The third-order valence-electron chi connectivity index (χ3n) is 9.33. The summed E-state index contributed by atoms with van der Waals surface area (Å²) in [7, 11) is -5.54. The van der Waals surface area contributed by atoms with Crippen molar-refractivity contribution < 1.29 is 23.4 Å². The zero-order valence-electron chi connectivity index (χ0n) is 27.9. The number of carbonyl (C=O) groups is 1. The first kappa shape index (κ1) is 35.4. The second kappa shape index (κ2) is 16.4. The molecule has 0 amide bonds. The average molecular weight is 649 g/mol. The zero-order chi connectivity index (χ0) is 32.5. The molecule has 7 heteroatoms. The van der Waals surface area contributed by atoms with E-state index in [1.54, 1.807) is 0 Å². The maximum absolute atomic E-state index is 13.4. The monoisotopic (exact) mass is 648 g/mol. The summed E-state index contributed by atoms with van der Waals surface area (Å²) >= 11 is 0. The van der Waals surface area contributed by atoms with Crippen molar-refractivity contribution in [2.45, 2.75) is 104 Å². The standard InChI is InChI=1S/C38H53O5PSi/c1-29-24-30(2)36(32(25-29)26-31-16-9-6-10-17-31)22-15-23-42-44(41)28-33(27-37(39)40)43-45(38(3,4)5,34-18-11-7-12-19-34)35-20-13-8-14-21-35/h7-8,11-14,18-21,24-25,31,33,44H,6,9-10,15-17,22-23,26-28H2,1-5H3,(H,39,40). The van der Waals surface area contributed by atoms with Crippen molar-refractivity contribution in [3.8, 4) is 0 Å². The van der Waals surface area contributed by atoms with Crippen LogP contribution in [0, 0.1) is 19.8 Å². The molecule has 0 aliphatic heterocycles. The second-order valence-electron chi connectivity index (χ2n) is 14.0. The number of benzene rings is 3. The molecule has 3 aromatic carbocycles. The van der Waals surface area contributed by atoms with Gasteiger partial charge >= 0.3 is 5.97 Å². The number of rotatable bonds is 15. The summed E-state index contributed by atoms with van der Waals surface area (Å²) in [5.74, 6) is -0.193. The first-order chi connectivity index (χ1) is 21.5. The summed E-state index contributed by atoms with van der Waals surface area (Å²) in [6.07, 6.45) is 8.63. The van der Waals surface area contributed by atoms with Crippen LogP contribution in [0.25, 0.3) is 0 Å². The second-order valence-corrected chi connectivity index (χ2v) is 19.7. The van der Waals surface area contributed by atoms with Crippen molar-refractivity contribution in [1.29, 1.82) is 0 Å². The van der Waals surface area contributed by atoms with Gasteiger partial charge in [-0.2, -0.15) is 0 Å². The van der Waals surface area contributed by atoms with Gasteiger partial charge in [0.25, 0.3) is 8.32 Å². The summed E-state index contributed by atoms with van der Waals surface area (Å²) in [4.78, 5) is 12.1. The van der Waals surface area contributed by atoms with E-state index in [4.69, 9.17) is 8.95 Å². The van der Waals surface area contributed by atoms with Crippen LogP contribution in [0.1, 0.15) is 88.0 Å². The summed E-state index contributed by atoms with van der Waals surface area (Å²) in [6, 6.07) is 24.9. The van der Waals surface area contributed by atoms with E-state index in [0.29, 0.717) is 6.61 Å². The fraction of sp³-hybridized carbons (Fsp3) is 0.500. The zero-order valence-corrected chi connectivity index (χ0v) is 29.9. The van der Waals surface area contributed by atoms with E-state index in [9.17, 15) is 14.5 Å². The fourth-order valence-corrected chi connectivity index (χ4v) is 13.2. The van der Waals surface area contributed by atoms with Crippen molar-refractivity contribution in [3.63, 3.8) is 0 Å². The summed E-state index contributed by atoms with van der Waals surface area (Å²) in [5, 5.41) is 11.7. The molecule has 244 valence electrons. The molecule has 1 saturated carbocycles. The Bertz CT molecular complexity index is 1360. The molecule has 2 atom stereocenters. The summed E-state index contributed by atoms with van der Waals surface area (Å²) < 4.78 is 26.4. The van der Waals surface area contributed by atoms with Crippen molar-refractivity contribution in [2.75, 3.05) is 12.8 Å². The highest BCUT2D eigenvalue weighted by molar-refractivity contribution is 7.39. The van der Waals surface area contributed by atoms with Crippen molar-refractivity contribution in [2.24, 2.45) is 5.92 Å². The molecule has 0 heterocycles. The number of carboxylic acid groups (broad SMARTS) is 1. The van der Waals surface area contributed by atoms with Gasteiger partial charge < -0.3 is 14.1 Å². The van der Waals surface area contributed by atoms with Gasteiger partial charge in [0.2, 0.25) is 0 Å². The smallest absolute Gasteiger partial charge is 0.305 e. The number of hydrogen-bond acceptors (Lipinski definition) is 4. The van der Waals surface area contributed by atoms with Crippen LogP contribution in [0.3, 0.4) is 0 Å². The summed E-state index contributed by atoms with van der Waals surface area (Å²) in [6.45, 7) is 11.2. The minimum Gasteiger partial charge on any atom is -0.481 e. The molecular weight excluding hydrogens is 595 g/mol. The van der Waals surface area contributed by atoms with Crippen LogP contribution >= 0.6 is 8.03 Å². The maximum Gasteiger partial charge on any atom is 0.305 e. The van der Waals surface area contributed by atoms with Crippen molar-refractivity contribution in [3.05, 3.63) is 95.1 Å². The Morgan fingerprint density at radius 3 is 2.11 bits per heavy atom. The van der Waals surface area contributed by atoms with Crippen LogP contribution in [0.2, 0.25) is 5.04 Å². The molecular formula is C38H53O5PSi. The number of hydrogen-bond donors (Lipinski definition) is 1. The molecule has 4 rings (SSSR count). The molecule has 1 aliphatic carbocycles. The van der Waals surface area contributed by atoms with Crippen molar-refractivity contribution >= 4 is 32.7 Å². The quantitative estimate of drug-likeness (QED) is 0.102.